The van der Waals surface area contributed by atoms with Crippen molar-refractivity contribution in [2.75, 3.05) is 18.1 Å². The number of rotatable bonds is 7. The predicted molar refractivity (Wildman–Crippen MR) is 72.2 cm³/mol. The molecule has 0 amide bonds. The normalized spacial score (nSPS) is 12.5. The Bertz CT molecular complexity index is 344. The van der Waals surface area contributed by atoms with Crippen LogP contribution in [0.1, 0.15) is 19.4 Å². The van der Waals surface area contributed by atoms with E-state index in [1.165, 1.54) is 6.07 Å². The summed E-state index contributed by atoms with van der Waals surface area (Å²) in [5.41, 5.74) is 6.58. The minimum Gasteiger partial charge on any atom is -0.490 e. The van der Waals surface area contributed by atoms with Crippen molar-refractivity contribution in [1.29, 1.82) is 0 Å². The number of benzene rings is 1. The zero-order valence-corrected chi connectivity index (χ0v) is 11.2. The highest BCUT2D eigenvalue weighted by molar-refractivity contribution is 7.99. The lowest BCUT2D eigenvalue weighted by Gasteiger charge is -2.09. The minimum absolute atomic E-state index is 0.0436. The van der Waals surface area contributed by atoms with Gasteiger partial charge in [-0.1, -0.05) is 13.0 Å². The molecule has 17 heavy (non-hydrogen) atoms. The van der Waals surface area contributed by atoms with Crippen molar-refractivity contribution < 1.29 is 9.13 Å². The van der Waals surface area contributed by atoms with Gasteiger partial charge in [-0.2, -0.15) is 11.8 Å². The van der Waals surface area contributed by atoms with Gasteiger partial charge >= 0.3 is 0 Å². The van der Waals surface area contributed by atoms with Crippen LogP contribution in [-0.2, 0) is 6.42 Å². The zero-order chi connectivity index (χ0) is 12.7. The molecule has 0 bridgehead atoms. The molecule has 0 spiro atoms. The number of thioether (sulfide) groups is 1. The molecule has 0 radical (unpaired) electrons. The van der Waals surface area contributed by atoms with Crippen LogP contribution >= 0.6 is 11.8 Å². The molecule has 2 nitrogen and oxygen atoms in total. The van der Waals surface area contributed by atoms with Crippen molar-refractivity contribution in [2.45, 2.75) is 26.3 Å². The maximum atomic E-state index is 13.6. The van der Waals surface area contributed by atoms with Crippen molar-refractivity contribution in [3.05, 3.63) is 29.6 Å². The summed E-state index contributed by atoms with van der Waals surface area (Å²) in [6.45, 7) is 4.54. The largest absolute Gasteiger partial charge is 0.490 e. The Labute approximate surface area is 107 Å². The zero-order valence-electron chi connectivity index (χ0n) is 10.4. The van der Waals surface area contributed by atoms with Gasteiger partial charge in [0.1, 0.15) is 0 Å². The van der Waals surface area contributed by atoms with E-state index in [-0.39, 0.29) is 11.9 Å². The lowest BCUT2D eigenvalue weighted by atomic mass is 10.1. The number of nitrogens with two attached hydrogens (primary N) is 1. The Morgan fingerprint density at radius 2 is 2.24 bits per heavy atom. The van der Waals surface area contributed by atoms with E-state index in [1.54, 1.807) is 17.8 Å². The molecule has 0 aliphatic rings. The lowest BCUT2D eigenvalue weighted by Crippen LogP contribution is -2.17. The summed E-state index contributed by atoms with van der Waals surface area (Å²) < 4.78 is 19.0. The molecular weight excluding hydrogens is 237 g/mol. The monoisotopic (exact) mass is 257 g/mol. The first-order valence-corrected chi connectivity index (χ1v) is 7.03. The Hall–Kier alpha value is -0.740. The number of ether oxygens (including phenoxy) is 1. The summed E-state index contributed by atoms with van der Waals surface area (Å²) in [4.78, 5) is 0. The maximum absolute atomic E-state index is 13.6. The van der Waals surface area contributed by atoms with Crippen LogP contribution in [0.25, 0.3) is 0 Å². The highest BCUT2D eigenvalue weighted by Gasteiger charge is 2.06. The Morgan fingerprint density at radius 1 is 1.47 bits per heavy atom. The van der Waals surface area contributed by atoms with Gasteiger partial charge < -0.3 is 10.5 Å². The smallest absolute Gasteiger partial charge is 0.165 e. The van der Waals surface area contributed by atoms with Crippen molar-refractivity contribution >= 4 is 11.8 Å². The highest BCUT2D eigenvalue weighted by atomic mass is 32.2. The predicted octanol–water partition coefficient (Wildman–Crippen LogP) is 2.85. The molecule has 1 aromatic carbocycles. The third kappa shape index (κ3) is 5.41. The third-order valence-electron chi connectivity index (χ3n) is 2.24. The van der Waals surface area contributed by atoms with E-state index >= 15 is 0 Å². The van der Waals surface area contributed by atoms with Crippen molar-refractivity contribution in [2.24, 2.45) is 5.73 Å². The van der Waals surface area contributed by atoms with Gasteiger partial charge in [-0.25, -0.2) is 4.39 Å². The summed E-state index contributed by atoms with van der Waals surface area (Å²) in [6.07, 6.45) is 0.683. The highest BCUT2D eigenvalue weighted by Crippen LogP contribution is 2.19. The molecule has 96 valence electrons. The van der Waals surface area contributed by atoms with E-state index in [4.69, 9.17) is 10.5 Å². The molecule has 0 heterocycles. The fraction of sp³-hybridized carbons (Fsp3) is 0.538. The first-order chi connectivity index (χ1) is 8.13. The molecule has 1 atom stereocenters. The lowest BCUT2D eigenvalue weighted by molar-refractivity contribution is 0.324. The molecule has 1 aromatic rings. The van der Waals surface area contributed by atoms with Gasteiger partial charge in [-0.15, -0.1) is 0 Å². The van der Waals surface area contributed by atoms with Crippen LogP contribution in [0, 0.1) is 5.82 Å². The summed E-state index contributed by atoms with van der Waals surface area (Å²) in [5, 5.41) is 0. The van der Waals surface area contributed by atoms with Gasteiger partial charge in [-0.05, 0) is 36.8 Å². The average molecular weight is 257 g/mol. The van der Waals surface area contributed by atoms with Crippen LogP contribution in [0.5, 0.6) is 5.75 Å². The summed E-state index contributed by atoms with van der Waals surface area (Å²) in [6, 6.07) is 5.10. The number of hydrogen-bond donors (Lipinski definition) is 1. The molecule has 0 aliphatic heterocycles. The van der Waals surface area contributed by atoms with Gasteiger partial charge in [0.15, 0.2) is 11.6 Å². The topological polar surface area (TPSA) is 35.2 Å². The van der Waals surface area contributed by atoms with Crippen LogP contribution in [-0.4, -0.2) is 24.2 Å². The van der Waals surface area contributed by atoms with Gasteiger partial charge in [0.2, 0.25) is 0 Å². The van der Waals surface area contributed by atoms with Crippen LogP contribution in [0.2, 0.25) is 0 Å². The van der Waals surface area contributed by atoms with Crippen LogP contribution < -0.4 is 10.5 Å². The van der Waals surface area contributed by atoms with Gasteiger partial charge in [0, 0.05) is 11.8 Å². The van der Waals surface area contributed by atoms with E-state index in [1.807, 2.05) is 13.0 Å². The number of hydrogen-bond acceptors (Lipinski definition) is 3. The standard InChI is InChI=1S/C13H20FNOS/c1-3-17-7-6-16-13-5-4-11(8-10(2)15)9-12(13)14/h4-5,9-10H,3,6-8,15H2,1-2H3. The fourth-order valence-electron chi connectivity index (χ4n) is 1.52. The first kappa shape index (κ1) is 14.3. The van der Waals surface area contributed by atoms with E-state index in [0.29, 0.717) is 18.8 Å². The van der Waals surface area contributed by atoms with Crippen molar-refractivity contribution in [3.8, 4) is 5.75 Å². The van der Waals surface area contributed by atoms with Crippen molar-refractivity contribution in [3.63, 3.8) is 0 Å². The molecule has 2 N–H and O–H groups in total. The van der Waals surface area contributed by atoms with Gasteiger partial charge in [-0.3, -0.25) is 0 Å². The number of halogens is 1. The van der Waals surface area contributed by atoms with Gasteiger partial charge in [0.25, 0.3) is 0 Å². The average Bonchev–Trinajstić information content (AvgIpc) is 2.26. The first-order valence-electron chi connectivity index (χ1n) is 5.88. The van der Waals surface area contributed by atoms with E-state index in [9.17, 15) is 4.39 Å². The molecule has 0 saturated carbocycles. The second-order valence-electron chi connectivity index (χ2n) is 3.99. The van der Waals surface area contributed by atoms with E-state index in [2.05, 4.69) is 6.92 Å². The third-order valence-corrected chi connectivity index (χ3v) is 3.11. The Kier molecular flexibility index (Phi) is 6.37. The Balaban J connectivity index is 2.51. The van der Waals surface area contributed by atoms with Crippen LogP contribution in [0.3, 0.4) is 0 Å². The molecule has 1 rings (SSSR count). The molecule has 0 aliphatic carbocycles. The molecular formula is C13H20FNOS. The van der Waals surface area contributed by atoms with Crippen molar-refractivity contribution in [1.82, 2.24) is 0 Å². The van der Waals surface area contributed by atoms with Crippen LogP contribution in [0.4, 0.5) is 4.39 Å². The maximum Gasteiger partial charge on any atom is 0.165 e. The molecule has 4 heteroatoms. The van der Waals surface area contributed by atoms with Gasteiger partial charge in [0.05, 0.1) is 6.61 Å². The quantitative estimate of drug-likeness (QED) is 0.763. The van der Waals surface area contributed by atoms with Crippen LogP contribution in [0.15, 0.2) is 18.2 Å². The molecule has 0 saturated heterocycles. The summed E-state index contributed by atoms with van der Waals surface area (Å²) >= 11 is 1.78. The fourth-order valence-corrected chi connectivity index (χ4v) is 2.00. The molecule has 0 aromatic heterocycles. The summed E-state index contributed by atoms with van der Waals surface area (Å²) in [5.74, 6) is 1.97. The van der Waals surface area contributed by atoms with E-state index < -0.39 is 0 Å². The minimum atomic E-state index is -0.301. The second kappa shape index (κ2) is 7.56. The molecule has 0 fully saturated rings. The summed E-state index contributed by atoms with van der Waals surface area (Å²) in [7, 11) is 0. The van der Waals surface area contributed by atoms with E-state index in [0.717, 1.165) is 17.1 Å². The second-order valence-corrected chi connectivity index (χ2v) is 5.39. The Morgan fingerprint density at radius 3 is 2.82 bits per heavy atom. The SMILES string of the molecule is CCSCCOc1ccc(CC(C)N)cc1F. The molecule has 1 unspecified atom stereocenters.